The van der Waals surface area contributed by atoms with Crippen LogP contribution in [0.25, 0.3) is 5.76 Å². The van der Waals surface area contributed by atoms with Crippen molar-refractivity contribution in [1.29, 1.82) is 0 Å². The molecular formula is C30H30ClNO5. The number of likely N-dealkylation sites (tertiary alicyclic amines) is 1. The number of ketones is 1. The van der Waals surface area contributed by atoms with Gasteiger partial charge in [-0.05, 0) is 69.2 Å². The predicted molar refractivity (Wildman–Crippen MR) is 144 cm³/mol. The molecule has 1 N–H and O–H groups in total. The van der Waals surface area contributed by atoms with E-state index in [1.54, 1.807) is 18.2 Å². The van der Waals surface area contributed by atoms with Crippen LogP contribution in [0.2, 0.25) is 5.02 Å². The van der Waals surface area contributed by atoms with Crippen LogP contribution in [0.1, 0.15) is 49.1 Å². The zero-order valence-electron chi connectivity index (χ0n) is 21.5. The first kappa shape index (κ1) is 26.3. The Hall–Kier alpha value is -3.77. The zero-order valence-corrected chi connectivity index (χ0v) is 22.3. The average Bonchev–Trinajstić information content (AvgIpc) is 3.09. The maximum atomic E-state index is 13.4. The normalized spacial score (nSPS) is 17.2. The van der Waals surface area contributed by atoms with Crippen LogP contribution in [0.3, 0.4) is 0 Å². The van der Waals surface area contributed by atoms with Crippen molar-refractivity contribution in [1.82, 2.24) is 4.90 Å². The number of carbonyl (C=O) groups excluding carboxylic acids is 2. The summed E-state index contributed by atoms with van der Waals surface area (Å²) in [6, 6.07) is 19.0. The molecule has 1 fully saturated rings. The van der Waals surface area contributed by atoms with Gasteiger partial charge in [-0.15, -0.1) is 0 Å². The molecule has 0 spiro atoms. The van der Waals surface area contributed by atoms with Gasteiger partial charge in [0.25, 0.3) is 11.7 Å². The van der Waals surface area contributed by atoms with Gasteiger partial charge in [0, 0.05) is 12.1 Å². The number of rotatable bonds is 6. The summed E-state index contributed by atoms with van der Waals surface area (Å²) >= 11 is 6.38. The molecule has 3 aromatic rings. The molecule has 4 rings (SSSR count). The van der Waals surface area contributed by atoms with Crippen LogP contribution < -0.4 is 9.47 Å². The summed E-state index contributed by atoms with van der Waals surface area (Å²) < 4.78 is 11.2. The first-order chi connectivity index (χ1) is 17.5. The van der Waals surface area contributed by atoms with Crippen molar-refractivity contribution in [3.8, 4) is 11.5 Å². The number of aliphatic hydroxyl groups is 1. The molecular weight excluding hydrogens is 490 g/mol. The number of nitrogens with zero attached hydrogens (tertiary/aromatic N) is 1. The fourth-order valence-electron chi connectivity index (χ4n) is 4.40. The Morgan fingerprint density at radius 2 is 1.68 bits per heavy atom. The Morgan fingerprint density at radius 1 is 1.00 bits per heavy atom. The largest absolute Gasteiger partial charge is 0.507 e. The number of benzene rings is 3. The van der Waals surface area contributed by atoms with Crippen LogP contribution in [0.15, 0.2) is 72.3 Å². The summed E-state index contributed by atoms with van der Waals surface area (Å²) in [7, 11) is 1.50. The third kappa shape index (κ3) is 5.65. The summed E-state index contributed by atoms with van der Waals surface area (Å²) in [6.45, 7) is 8.01. The zero-order chi connectivity index (χ0) is 26.9. The smallest absolute Gasteiger partial charge is 0.295 e. The molecule has 1 atom stereocenters. The van der Waals surface area contributed by atoms with E-state index in [0.717, 1.165) is 11.1 Å². The molecule has 1 unspecified atom stereocenters. The van der Waals surface area contributed by atoms with E-state index >= 15 is 0 Å². The van der Waals surface area contributed by atoms with Gasteiger partial charge < -0.3 is 19.5 Å². The van der Waals surface area contributed by atoms with E-state index in [9.17, 15) is 14.7 Å². The highest BCUT2D eigenvalue weighted by atomic mass is 35.5. The van der Waals surface area contributed by atoms with Gasteiger partial charge in [-0.3, -0.25) is 9.59 Å². The molecule has 1 amide bonds. The highest BCUT2D eigenvalue weighted by molar-refractivity contribution is 6.47. The number of halogens is 1. The van der Waals surface area contributed by atoms with E-state index in [2.05, 4.69) is 0 Å². The van der Waals surface area contributed by atoms with Crippen molar-refractivity contribution < 1.29 is 24.2 Å². The van der Waals surface area contributed by atoms with E-state index < -0.39 is 17.7 Å². The minimum absolute atomic E-state index is 0.0153. The standard InChI is InChI=1S/C30H30ClNO5/c1-18-7-6-8-20(15-18)26-25(27(33)23-16-22(36-5)13-14-24(23)31)28(34)29(35)32(26)17-19-9-11-21(12-10-19)37-30(2,3)4/h6-16,26,33H,17H2,1-5H3/b27-25+. The molecule has 1 saturated heterocycles. The van der Waals surface area contributed by atoms with Crippen LogP contribution >= 0.6 is 11.6 Å². The van der Waals surface area contributed by atoms with E-state index in [1.165, 1.54) is 12.0 Å². The van der Waals surface area contributed by atoms with Crippen molar-refractivity contribution in [2.24, 2.45) is 0 Å². The van der Waals surface area contributed by atoms with E-state index in [4.69, 9.17) is 21.1 Å². The van der Waals surface area contributed by atoms with Crippen LogP contribution in [-0.2, 0) is 16.1 Å². The highest BCUT2D eigenvalue weighted by Crippen LogP contribution is 2.42. The molecule has 0 radical (unpaired) electrons. The molecule has 0 aromatic heterocycles. The second-order valence-electron chi connectivity index (χ2n) is 10.0. The van der Waals surface area contributed by atoms with Crippen molar-refractivity contribution >= 4 is 29.1 Å². The summed E-state index contributed by atoms with van der Waals surface area (Å²) in [6.07, 6.45) is 0. The molecule has 0 aliphatic carbocycles. The lowest BCUT2D eigenvalue weighted by Gasteiger charge is -2.26. The number of hydrogen-bond donors (Lipinski definition) is 1. The minimum Gasteiger partial charge on any atom is -0.507 e. The number of methoxy groups -OCH3 is 1. The van der Waals surface area contributed by atoms with Gasteiger partial charge in [-0.1, -0.05) is 53.6 Å². The molecule has 6 nitrogen and oxygen atoms in total. The Morgan fingerprint density at radius 3 is 2.30 bits per heavy atom. The second-order valence-corrected chi connectivity index (χ2v) is 10.5. The number of Topliss-reactive ketones (excluding diaryl/α,β-unsaturated/α-hetero) is 1. The first-order valence-corrected chi connectivity index (χ1v) is 12.3. The highest BCUT2D eigenvalue weighted by Gasteiger charge is 2.46. The molecule has 0 bridgehead atoms. The van der Waals surface area contributed by atoms with Gasteiger partial charge in [0.15, 0.2) is 0 Å². The molecule has 1 aliphatic heterocycles. The van der Waals surface area contributed by atoms with Crippen LogP contribution in [0, 0.1) is 6.92 Å². The predicted octanol–water partition coefficient (Wildman–Crippen LogP) is 6.46. The lowest BCUT2D eigenvalue weighted by molar-refractivity contribution is -0.140. The lowest BCUT2D eigenvalue weighted by Crippen LogP contribution is -2.29. The van der Waals surface area contributed by atoms with Crippen LogP contribution in [-0.4, -0.2) is 34.4 Å². The van der Waals surface area contributed by atoms with Crippen molar-refractivity contribution in [3.05, 3.63) is 99.6 Å². The van der Waals surface area contributed by atoms with Gasteiger partial charge >= 0.3 is 0 Å². The van der Waals surface area contributed by atoms with Gasteiger partial charge in [-0.2, -0.15) is 0 Å². The van der Waals surface area contributed by atoms with Crippen LogP contribution in [0.5, 0.6) is 11.5 Å². The molecule has 0 saturated carbocycles. The molecule has 7 heteroatoms. The third-order valence-electron chi connectivity index (χ3n) is 6.03. The van der Waals surface area contributed by atoms with Crippen LogP contribution in [0.4, 0.5) is 0 Å². The van der Waals surface area contributed by atoms with Gasteiger partial charge in [0.2, 0.25) is 0 Å². The Kier molecular flexibility index (Phi) is 7.32. The van der Waals surface area contributed by atoms with E-state index in [1.807, 2.05) is 76.2 Å². The fourth-order valence-corrected chi connectivity index (χ4v) is 4.61. The topological polar surface area (TPSA) is 76.1 Å². The molecule has 3 aromatic carbocycles. The number of amides is 1. The monoisotopic (exact) mass is 519 g/mol. The lowest BCUT2D eigenvalue weighted by atomic mass is 9.94. The quantitative estimate of drug-likeness (QED) is 0.230. The Bertz CT molecular complexity index is 1370. The van der Waals surface area contributed by atoms with E-state index in [0.29, 0.717) is 17.1 Å². The van der Waals surface area contributed by atoms with Crippen molar-refractivity contribution in [2.45, 2.75) is 45.9 Å². The van der Waals surface area contributed by atoms with Crippen molar-refractivity contribution in [2.75, 3.05) is 7.11 Å². The number of hydrogen-bond acceptors (Lipinski definition) is 5. The van der Waals surface area contributed by atoms with Gasteiger partial charge in [0.1, 0.15) is 22.9 Å². The summed E-state index contributed by atoms with van der Waals surface area (Å²) in [5.41, 5.74) is 2.37. The Labute approximate surface area is 222 Å². The molecule has 192 valence electrons. The second kappa shape index (κ2) is 10.3. The summed E-state index contributed by atoms with van der Waals surface area (Å²) in [5.74, 6) is -0.631. The van der Waals surface area contributed by atoms with E-state index in [-0.39, 0.29) is 34.1 Å². The maximum absolute atomic E-state index is 13.4. The number of aliphatic hydroxyl groups excluding tert-OH is 1. The SMILES string of the molecule is COc1ccc(Cl)c(/C(O)=C2\C(=O)C(=O)N(Cc3ccc(OC(C)(C)C)cc3)C2c2cccc(C)c2)c1. The number of ether oxygens (including phenoxy) is 2. The van der Waals surface area contributed by atoms with Gasteiger partial charge in [-0.25, -0.2) is 0 Å². The summed E-state index contributed by atoms with van der Waals surface area (Å²) in [4.78, 5) is 28.2. The molecule has 1 heterocycles. The minimum atomic E-state index is -0.798. The van der Waals surface area contributed by atoms with Gasteiger partial charge in [0.05, 0.1) is 23.7 Å². The fraction of sp³-hybridized carbons (Fsp3) is 0.267. The summed E-state index contributed by atoms with van der Waals surface area (Å²) in [5, 5.41) is 11.6. The Balaban J connectivity index is 1.80. The first-order valence-electron chi connectivity index (χ1n) is 12.0. The molecule has 1 aliphatic rings. The number of aryl methyl sites for hydroxylation is 1. The van der Waals surface area contributed by atoms with Crippen molar-refractivity contribution in [3.63, 3.8) is 0 Å². The average molecular weight is 520 g/mol. The maximum Gasteiger partial charge on any atom is 0.295 e. The number of carbonyl (C=O) groups is 2. The third-order valence-corrected chi connectivity index (χ3v) is 6.36. The molecule has 37 heavy (non-hydrogen) atoms.